The number of aliphatic imine (C=N–C) groups is 1. The van der Waals surface area contributed by atoms with Crippen LogP contribution in [0.4, 0.5) is 0 Å². The second kappa shape index (κ2) is 1.83. The molecule has 1 fully saturated rings. The summed E-state index contributed by atoms with van der Waals surface area (Å²) in [5, 5.41) is 2.88. The average molecular weight is 137 g/mol. The van der Waals surface area contributed by atoms with Crippen LogP contribution < -0.4 is 5.32 Å². The summed E-state index contributed by atoms with van der Waals surface area (Å²) < 4.78 is 0. The Labute approximate surface area is 58.2 Å². The fourth-order valence-corrected chi connectivity index (χ4v) is 1.04. The summed E-state index contributed by atoms with van der Waals surface area (Å²) in [5.74, 6) is 0.788. The molecule has 2 aliphatic heterocycles. The zero-order chi connectivity index (χ0) is 6.97. The summed E-state index contributed by atoms with van der Waals surface area (Å²) in [6.45, 7) is 1.05. The van der Waals surface area contributed by atoms with Gasteiger partial charge in [-0.1, -0.05) is 0 Å². The molecule has 1 N–H and O–H groups in total. The number of carbonyl (C=O) groups excluding carboxylic acids is 1. The van der Waals surface area contributed by atoms with E-state index in [-0.39, 0.29) is 5.91 Å². The van der Waals surface area contributed by atoms with Gasteiger partial charge in [0.2, 0.25) is 11.9 Å². The highest BCUT2D eigenvalue weighted by Crippen LogP contribution is 2.03. The number of guanidine groups is 1. The summed E-state index contributed by atoms with van der Waals surface area (Å²) in [6, 6.07) is 0. The predicted octanol–water partition coefficient (Wildman–Crippen LogP) is -0.698. The molecule has 52 valence electrons. The Kier molecular flexibility index (Phi) is 1.00. The number of nitrogens with zero attached hydrogens (tertiary/aromatic N) is 2. The molecule has 1 saturated heterocycles. The fourth-order valence-electron chi connectivity index (χ4n) is 1.04. The molecule has 0 aromatic rings. The lowest BCUT2D eigenvalue weighted by Gasteiger charge is -2.14. The predicted molar refractivity (Wildman–Crippen MR) is 36.3 cm³/mol. The zero-order valence-electron chi connectivity index (χ0n) is 5.37. The van der Waals surface area contributed by atoms with Gasteiger partial charge in [-0.25, -0.2) is 4.99 Å². The highest BCUT2D eigenvalue weighted by molar-refractivity contribution is 6.05. The first-order valence-electron chi connectivity index (χ1n) is 3.15. The molecule has 0 bridgehead atoms. The molecule has 4 nitrogen and oxygen atoms in total. The molecule has 0 aromatic carbocycles. The van der Waals surface area contributed by atoms with Gasteiger partial charge in [-0.3, -0.25) is 9.69 Å². The van der Waals surface area contributed by atoms with Gasteiger partial charge in [0.15, 0.2) is 0 Å². The van der Waals surface area contributed by atoms with E-state index in [0.29, 0.717) is 19.0 Å². The molecule has 0 spiro atoms. The first-order chi connectivity index (χ1) is 4.88. The third-order valence-corrected chi connectivity index (χ3v) is 1.54. The number of fused-ring (bicyclic) bond motifs is 1. The van der Waals surface area contributed by atoms with Gasteiger partial charge in [0.05, 0.1) is 6.54 Å². The van der Waals surface area contributed by atoms with Crippen molar-refractivity contribution in [2.24, 2.45) is 4.99 Å². The minimum Gasteiger partial charge on any atom is -0.346 e. The van der Waals surface area contributed by atoms with Crippen molar-refractivity contribution in [1.82, 2.24) is 10.2 Å². The molecule has 2 rings (SSSR count). The van der Waals surface area contributed by atoms with Crippen LogP contribution in [0.25, 0.3) is 0 Å². The summed E-state index contributed by atoms with van der Waals surface area (Å²) in [6.07, 6.45) is 3.56. The molecule has 0 unspecified atom stereocenters. The van der Waals surface area contributed by atoms with Crippen LogP contribution in [0.15, 0.2) is 17.3 Å². The van der Waals surface area contributed by atoms with Gasteiger partial charge in [-0.05, 0) is 6.08 Å². The third-order valence-electron chi connectivity index (χ3n) is 1.54. The molecule has 4 heteroatoms. The lowest BCUT2D eigenvalue weighted by atomic mass is 10.5. The number of hydrogen-bond acceptors (Lipinski definition) is 3. The molecule has 2 aliphatic rings. The van der Waals surface area contributed by atoms with Crippen molar-refractivity contribution in [3.8, 4) is 0 Å². The summed E-state index contributed by atoms with van der Waals surface area (Å²) in [5.41, 5.74) is 0. The van der Waals surface area contributed by atoms with Crippen molar-refractivity contribution < 1.29 is 4.79 Å². The minimum absolute atomic E-state index is 0.100. The Morgan fingerprint density at radius 2 is 2.60 bits per heavy atom. The normalized spacial score (nSPS) is 22.2. The van der Waals surface area contributed by atoms with Gasteiger partial charge in [0, 0.05) is 12.7 Å². The summed E-state index contributed by atoms with van der Waals surface area (Å²) >= 11 is 0. The maximum Gasteiger partial charge on any atom is 0.248 e. The second-order valence-electron chi connectivity index (χ2n) is 2.20. The van der Waals surface area contributed by atoms with E-state index in [9.17, 15) is 4.79 Å². The van der Waals surface area contributed by atoms with Gasteiger partial charge < -0.3 is 5.32 Å². The van der Waals surface area contributed by atoms with Crippen LogP contribution in [0.1, 0.15) is 0 Å². The van der Waals surface area contributed by atoms with Gasteiger partial charge in [0.1, 0.15) is 0 Å². The highest BCUT2D eigenvalue weighted by Gasteiger charge is 2.26. The SMILES string of the molecule is O=C1CNC2=NC=CCN12. The quantitative estimate of drug-likeness (QED) is 0.480. The standard InChI is InChI=1S/C6H7N3O/c10-5-4-8-6-7-2-1-3-9(5)6/h1-2H,3-4H2,(H,7,8). The van der Waals surface area contributed by atoms with E-state index in [4.69, 9.17) is 0 Å². The van der Waals surface area contributed by atoms with Crippen LogP contribution in [0.2, 0.25) is 0 Å². The fraction of sp³-hybridized carbons (Fsp3) is 0.333. The van der Waals surface area contributed by atoms with E-state index < -0.39 is 0 Å². The number of rotatable bonds is 0. The first kappa shape index (κ1) is 5.46. The number of carbonyl (C=O) groups is 1. The molecule has 2 heterocycles. The molecule has 0 saturated carbocycles. The lowest BCUT2D eigenvalue weighted by Crippen LogP contribution is -2.33. The molecular weight excluding hydrogens is 130 g/mol. The Bertz CT molecular complexity index is 231. The lowest BCUT2D eigenvalue weighted by molar-refractivity contribution is -0.124. The highest BCUT2D eigenvalue weighted by atomic mass is 16.2. The molecule has 0 atom stereocenters. The average Bonchev–Trinajstić information content (AvgIpc) is 2.34. The molecule has 10 heavy (non-hydrogen) atoms. The zero-order valence-corrected chi connectivity index (χ0v) is 5.37. The topological polar surface area (TPSA) is 44.7 Å². The minimum atomic E-state index is 0.100. The molecule has 0 radical (unpaired) electrons. The van der Waals surface area contributed by atoms with Crippen LogP contribution in [0, 0.1) is 0 Å². The van der Waals surface area contributed by atoms with Gasteiger partial charge in [0.25, 0.3) is 0 Å². The van der Waals surface area contributed by atoms with Crippen molar-refractivity contribution in [2.75, 3.05) is 13.1 Å². The maximum atomic E-state index is 11.0. The van der Waals surface area contributed by atoms with Crippen LogP contribution in [0.5, 0.6) is 0 Å². The Morgan fingerprint density at radius 3 is 3.40 bits per heavy atom. The van der Waals surface area contributed by atoms with E-state index in [0.717, 1.165) is 0 Å². The maximum absolute atomic E-state index is 11.0. The van der Waals surface area contributed by atoms with Crippen molar-refractivity contribution in [3.63, 3.8) is 0 Å². The molecular formula is C6H7N3O. The molecule has 0 aromatic heterocycles. The Morgan fingerprint density at radius 1 is 1.70 bits per heavy atom. The molecule has 0 aliphatic carbocycles. The monoisotopic (exact) mass is 137 g/mol. The van der Waals surface area contributed by atoms with Crippen LogP contribution in [-0.2, 0) is 4.79 Å². The van der Waals surface area contributed by atoms with E-state index >= 15 is 0 Å². The number of hydrogen-bond donors (Lipinski definition) is 1. The van der Waals surface area contributed by atoms with Gasteiger partial charge in [-0.2, -0.15) is 0 Å². The number of nitrogens with one attached hydrogen (secondary N) is 1. The van der Waals surface area contributed by atoms with E-state index in [1.807, 2.05) is 6.08 Å². The van der Waals surface area contributed by atoms with Crippen LogP contribution in [-0.4, -0.2) is 29.9 Å². The van der Waals surface area contributed by atoms with Gasteiger partial charge in [-0.15, -0.1) is 0 Å². The van der Waals surface area contributed by atoms with Crippen molar-refractivity contribution in [3.05, 3.63) is 12.3 Å². The second-order valence-corrected chi connectivity index (χ2v) is 2.20. The summed E-state index contributed by atoms with van der Waals surface area (Å²) in [4.78, 5) is 16.6. The Hall–Kier alpha value is -1.32. The summed E-state index contributed by atoms with van der Waals surface area (Å²) in [7, 11) is 0. The van der Waals surface area contributed by atoms with E-state index in [1.165, 1.54) is 0 Å². The largest absolute Gasteiger partial charge is 0.346 e. The van der Waals surface area contributed by atoms with Crippen molar-refractivity contribution >= 4 is 11.9 Å². The number of amides is 1. The molecule has 1 amide bonds. The van der Waals surface area contributed by atoms with Crippen molar-refractivity contribution in [1.29, 1.82) is 0 Å². The Balaban J connectivity index is 2.31. The van der Waals surface area contributed by atoms with Gasteiger partial charge >= 0.3 is 0 Å². The van der Waals surface area contributed by atoms with Crippen LogP contribution >= 0.6 is 0 Å². The van der Waals surface area contributed by atoms with E-state index in [1.54, 1.807) is 11.1 Å². The van der Waals surface area contributed by atoms with Crippen molar-refractivity contribution in [2.45, 2.75) is 0 Å². The third kappa shape index (κ3) is 0.618. The first-order valence-corrected chi connectivity index (χ1v) is 3.15. The van der Waals surface area contributed by atoms with Crippen LogP contribution in [0.3, 0.4) is 0 Å². The smallest absolute Gasteiger partial charge is 0.248 e. The van der Waals surface area contributed by atoms with E-state index in [2.05, 4.69) is 10.3 Å².